The maximum atomic E-state index is 13.3. The first-order valence-electron chi connectivity index (χ1n) is 24.4. The molecular formula is C49H94NO5P. The van der Waals surface area contributed by atoms with Crippen molar-refractivity contribution in [2.24, 2.45) is 0 Å². The third kappa shape index (κ3) is 33.1. The Morgan fingerprint density at radius 1 is 0.554 bits per heavy atom. The molecule has 0 aromatic rings. The van der Waals surface area contributed by atoms with Crippen molar-refractivity contribution in [3.8, 4) is 0 Å². The van der Waals surface area contributed by atoms with Gasteiger partial charge in [0.1, 0.15) is 6.61 Å². The summed E-state index contributed by atoms with van der Waals surface area (Å²) in [7, 11) is 3.75. The van der Waals surface area contributed by atoms with E-state index in [1.165, 1.54) is 154 Å². The van der Waals surface area contributed by atoms with Crippen molar-refractivity contribution in [2.45, 2.75) is 238 Å². The summed E-state index contributed by atoms with van der Waals surface area (Å²) in [5, 5.41) is 0. The number of allylic oxidation sites excluding steroid dienone is 1. The fourth-order valence-electron chi connectivity index (χ4n) is 7.88. The summed E-state index contributed by atoms with van der Waals surface area (Å²) in [6.07, 6.45) is 46.7. The zero-order valence-electron chi connectivity index (χ0n) is 37.9. The Kier molecular flexibility index (Phi) is 37.7. The average molecular weight is 808 g/mol. The molecule has 0 aliphatic heterocycles. The first-order chi connectivity index (χ1) is 27.4. The van der Waals surface area contributed by atoms with Crippen molar-refractivity contribution in [1.82, 2.24) is 4.90 Å². The second-order valence-electron chi connectivity index (χ2n) is 17.3. The molecule has 0 saturated heterocycles. The van der Waals surface area contributed by atoms with E-state index in [0.717, 1.165) is 89.9 Å². The fraction of sp³-hybridized carbons (Fsp3) is 0.918. The van der Waals surface area contributed by atoms with Gasteiger partial charge in [-0.25, -0.2) is 0 Å². The van der Waals surface area contributed by atoms with Crippen LogP contribution >= 0.6 is 7.92 Å². The second kappa shape index (κ2) is 39.6. The van der Waals surface area contributed by atoms with E-state index >= 15 is 0 Å². The summed E-state index contributed by atoms with van der Waals surface area (Å²) in [5.41, 5.74) is 0.586. The van der Waals surface area contributed by atoms with E-state index < -0.39 is 7.92 Å². The minimum absolute atomic E-state index is 0.0612. The predicted octanol–water partition coefficient (Wildman–Crippen LogP) is 14.7. The molecule has 0 radical (unpaired) electrons. The molecule has 1 fully saturated rings. The highest BCUT2D eigenvalue weighted by Crippen LogP contribution is 2.41. The molecule has 6 nitrogen and oxygen atoms in total. The molecule has 0 aromatic heterocycles. The summed E-state index contributed by atoms with van der Waals surface area (Å²) in [5.74, 6) is -0.353. The van der Waals surface area contributed by atoms with Crippen LogP contribution in [0.25, 0.3) is 0 Å². The van der Waals surface area contributed by atoms with Gasteiger partial charge in [0.25, 0.3) is 0 Å². The highest BCUT2D eigenvalue weighted by molar-refractivity contribution is 7.74. The molecule has 1 rings (SSSR count). The minimum atomic E-state index is -0.489. The molecule has 1 atom stereocenters. The van der Waals surface area contributed by atoms with E-state index in [1.807, 2.05) is 6.08 Å². The van der Waals surface area contributed by atoms with E-state index in [4.69, 9.17) is 14.2 Å². The number of nitrogens with zero attached hydrogens (tertiary/aromatic N) is 1. The lowest BCUT2D eigenvalue weighted by Gasteiger charge is -2.37. The van der Waals surface area contributed by atoms with Crippen LogP contribution in [0.5, 0.6) is 0 Å². The van der Waals surface area contributed by atoms with Crippen molar-refractivity contribution >= 4 is 19.4 Å². The quantitative estimate of drug-likeness (QED) is 0.0201. The summed E-state index contributed by atoms with van der Waals surface area (Å²) in [4.78, 5) is 27.5. The molecule has 0 bridgehead atoms. The van der Waals surface area contributed by atoms with Gasteiger partial charge < -0.3 is 19.1 Å². The SMILES string of the molecule is CCCCCCC=CCOC(=O)CCCCCCCCCP(CCCCCCCCCCOC1(OCCCCCCC)CCCCC1)C(=O)CCCCN(C)C. The highest BCUT2D eigenvalue weighted by Gasteiger charge is 2.33. The van der Waals surface area contributed by atoms with Crippen molar-refractivity contribution in [3.05, 3.63) is 12.2 Å². The van der Waals surface area contributed by atoms with Gasteiger partial charge in [0.05, 0.1) is 13.2 Å². The maximum Gasteiger partial charge on any atom is 0.306 e. The van der Waals surface area contributed by atoms with Gasteiger partial charge in [0, 0.05) is 25.7 Å². The van der Waals surface area contributed by atoms with Crippen LogP contribution in [0.15, 0.2) is 12.2 Å². The number of ether oxygens (including phenoxy) is 3. The van der Waals surface area contributed by atoms with Gasteiger partial charge in [0.2, 0.25) is 0 Å². The molecule has 1 unspecified atom stereocenters. The van der Waals surface area contributed by atoms with Crippen LogP contribution in [0.3, 0.4) is 0 Å². The lowest BCUT2D eigenvalue weighted by Crippen LogP contribution is -2.38. The van der Waals surface area contributed by atoms with Gasteiger partial charge in [-0.15, -0.1) is 0 Å². The predicted molar refractivity (Wildman–Crippen MR) is 243 cm³/mol. The summed E-state index contributed by atoms with van der Waals surface area (Å²) in [6, 6.07) is 0. The molecule has 56 heavy (non-hydrogen) atoms. The molecule has 0 aromatic carbocycles. The lowest BCUT2D eigenvalue weighted by molar-refractivity contribution is -0.253. The van der Waals surface area contributed by atoms with Gasteiger partial charge in [-0.2, -0.15) is 0 Å². The number of hydrogen-bond donors (Lipinski definition) is 0. The summed E-state index contributed by atoms with van der Waals surface area (Å²) < 4.78 is 18.2. The number of carbonyl (C=O) groups is 2. The van der Waals surface area contributed by atoms with Crippen LogP contribution < -0.4 is 0 Å². The Bertz CT molecular complexity index is 905. The number of carbonyl (C=O) groups excluding carboxylic acids is 2. The molecular weight excluding hydrogens is 714 g/mol. The van der Waals surface area contributed by atoms with Crippen LogP contribution in [-0.4, -0.2) is 75.0 Å². The number of esters is 1. The molecule has 7 heteroatoms. The van der Waals surface area contributed by atoms with Crippen molar-refractivity contribution < 1.29 is 23.8 Å². The van der Waals surface area contributed by atoms with Gasteiger partial charge in [0.15, 0.2) is 11.3 Å². The van der Waals surface area contributed by atoms with Crippen LogP contribution in [0.4, 0.5) is 0 Å². The Morgan fingerprint density at radius 2 is 1.04 bits per heavy atom. The van der Waals surface area contributed by atoms with E-state index in [1.54, 1.807) is 0 Å². The first kappa shape index (κ1) is 53.2. The van der Waals surface area contributed by atoms with Crippen molar-refractivity contribution in [3.63, 3.8) is 0 Å². The molecule has 0 heterocycles. The highest BCUT2D eigenvalue weighted by atomic mass is 31.1. The van der Waals surface area contributed by atoms with E-state index in [9.17, 15) is 9.59 Å². The zero-order chi connectivity index (χ0) is 40.6. The maximum absolute atomic E-state index is 13.3. The summed E-state index contributed by atoms with van der Waals surface area (Å²) >= 11 is 0. The van der Waals surface area contributed by atoms with Crippen LogP contribution in [0, 0.1) is 0 Å². The van der Waals surface area contributed by atoms with E-state index in [-0.39, 0.29) is 11.8 Å². The molecule has 1 aliphatic rings. The minimum Gasteiger partial charge on any atom is -0.461 e. The van der Waals surface area contributed by atoms with Gasteiger partial charge in [-0.05, 0) is 112 Å². The summed E-state index contributed by atoms with van der Waals surface area (Å²) in [6.45, 7) is 7.70. The molecule has 0 amide bonds. The third-order valence-corrected chi connectivity index (χ3v) is 14.2. The topological polar surface area (TPSA) is 65.1 Å². The van der Waals surface area contributed by atoms with Crippen LogP contribution in [-0.2, 0) is 23.8 Å². The molecule has 0 N–H and O–H groups in total. The monoisotopic (exact) mass is 808 g/mol. The zero-order valence-corrected chi connectivity index (χ0v) is 38.8. The number of hydrogen-bond acceptors (Lipinski definition) is 6. The Morgan fingerprint density at radius 3 is 1.59 bits per heavy atom. The van der Waals surface area contributed by atoms with Crippen LogP contribution in [0.1, 0.15) is 232 Å². The van der Waals surface area contributed by atoms with Gasteiger partial charge in [-0.3, -0.25) is 9.59 Å². The van der Waals surface area contributed by atoms with Crippen molar-refractivity contribution in [2.75, 3.05) is 52.8 Å². The first-order valence-corrected chi connectivity index (χ1v) is 26.1. The van der Waals surface area contributed by atoms with Crippen molar-refractivity contribution in [1.29, 1.82) is 0 Å². The normalized spacial score (nSPS) is 14.9. The van der Waals surface area contributed by atoms with Crippen LogP contribution in [0.2, 0.25) is 0 Å². The smallest absolute Gasteiger partial charge is 0.306 e. The standard InChI is InChI=1S/C49H94NO5P/c1-5-7-9-11-16-22-32-42-53-47(51)37-27-20-15-14-19-25-36-46-56(48(52)38-28-31-41-50(3)4)45-35-24-18-13-12-17-23-34-44-55-49(39-29-26-30-40-49)54-43-33-21-10-8-6-2/h22,32H,5-21,23-31,33-46H2,1-4H3. The Balaban J connectivity index is 2.17. The third-order valence-electron chi connectivity index (χ3n) is 11.6. The fourth-order valence-corrected chi connectivity index (χ4v) is 10.3. The van der Waals surface area contributed by atoms with E-state index in [2.05, 4.69) is 38.9 Å². The number of rotatable bonds is 42. The van der Waals surface area contributed by atoms with Gasteiger partial charge >= 0.3 is 5.97 Å². The number of unbranched alkanes of at least 4 members (excludes halogenated alkanes) is 22. The van der Waals surface area contributed by atoms with E-state index in [0.29, 0.717) is 18.6 Å². The lowest BCUT2D eigenvalue weighted by atomic mass is 9.94. The largest absolute Gasteiger partial charge is 0.461 e. The molecule has 1 saturated carbocycles. The molecule has 330 valence electrons. The molecule has 1 aliphatic carbocycles. The Hall–Kier alpha value is -0.810. The second-order valence-corrected chi connectivity index (χ2v) is 19.8. The molecule has 0 spiro atoms. The average Bonchev–Trinajstić information content (AvgIpc) is 3.19. The van der Waals surface area contributed by atoms with Gasteiger partial charge in [-0.1, -0.05) is 148 Å². The Labute approximate surface area is 349 Å².